The van der Waals surface area contributed by atoms with Gasteiger partial charge in [0.1, 0.15) is 0 Å². The van der Waals surface area contributed by atoms with Crippen molar-refractivity contribution >= 4 is 5.91 Å². The van der Waals surface area contributed by atoms with Crippen molar-refractivity contribution in [3.05, 3.63) is 99.6 Å². The molecule has 1 aliphatic rings. The van der Waals surface area contributed by atoms with E-state index in [9.17, 15) is 13.6 Å². The number of carbonyl (C=O) groups excluding carboxylic acids is 1. The number of halogens is 2. The minimum atomic E-state index is -0.941. The normalized spacial score (nSPS) is 12.7. The fourth-order valence-corrected chi connectivity index (χ4v) is 4.60. The molecule has 0 atom stereocenters. The first-order valence-electron chi connectivity index (χ1n) is 11.3. The maximum atomic E-state index is 13.8. The highest BCUT2D eigenvalue weighted by Gasteiger charge is 2.27. The molecule has 4 aromatic rings. The van der Waals surface area contributed by atoms with Crippen LogP contribution in [0.1, 0.15) is 50.7 Å². The lowest BCUT2D eigenvalue weighted by Gasteiger charge is -2.07. The first-order chi connectivity index (χ1) is 16.4. The van der Waals surface area contributed by atoms with E-state index in [-0.39, 0.29) is 5.91 Å². The van der Waals surface area contributed by atoms with Crippen LogP contribution in [0.5, 0.6) is 0 Å². The number of nitrogens with one attached hydrogen (secondary N) is 1. The molecule has 1 amide bonds. The fourth-order valence-electron chi connectivity index (χ4n) is 4.60. The Labute approximate surface area is 196 Å². The van der Waals surface area contributed by atoms with Crippen LogP contribution in [0.3, 0.4) is 0 Å². The van der Waals surface area contributed by atoms with Crippen molar-refractivity contribution in [2.24, 2.45) is 0 Å². The number of aromatic nitrogens is 4. The van der Waals surface area contributed by atoms with Gasteiger partial charge in [-0.3, -0.25) is 9.48 Å². The third kappa shape index (κ3) is 4.00. The molecule has 0 saturated carbocycles. The third-order valence-electron chi connectivity index (χ3n) is 6.43. The van der Waals surface area contributed by atoms with Gasteiger partial charge in [-0.05, 0) is 50.8 Å². The molecule has 8 heteroatoms. The van der Waals surface area contributed by atoms with Gasteiger partial charge >= 0.3 is 0 Å². The van der Waals surface area contributed by atoms with Gasteiger partial charge in [0.2, 0.25) is 0 Å². The molecule has 0 unspecified atom stereocenters. The summed E-state index contributed by atoms with van der Waals surface area (Å²) in [6, 6.07) is 13.8. The summed E-state index contributed by atoms with van der Waals surface area (Å²) in [5, 5.41) is 12.1. The zero-order valence-electron chi connectivity index (χ0n) is 19.1. The maximum absolute atomic E-state index is 13.8. The van der Waals surface area contributed by atoms with Crippen LogP contribution < -0.4 is 5.32 Å². The van der Waals surface area contributed by atoms with Gasteiger partial charge in [-0.1, -0.05) is 30.3 Å². The van der Waals surface area contributed by atoms with Gasteiger partial charge in [0, 0.05) is 35.1 Å². The topological polar surface area (TPSA) is 64.7 Å². The minimum Gasteiger partial charge on any atom is -0.346 e. The lowest BCUT2D eigenvalue weighted by molar-refractivity contribution is 0.0944. The van der Waals surface area contributed by atoms with Crippen LogP contribution in [-0.2, 0) is 25.9 Å². The lowest BCUT2D eigenvalue weighted by atomic mass is 10.1. The van der Waals surface area contributed by atoms with Crippen molar-refractivity contribution < 1.29 is 13.6 Å². The number of nitrogens with zero attached hydrogens (tertiary/aromatic N) is 4. The van der Waals surface area contributed by atoms with E-state index in [1.54, 1.807) is 4.68 Å². The highest BCUT2D eigenvalue weighted by atomic mass is 19.2. The smallest absolute Gasteiger partial charge is 0.272 e. The molecule has 2 aromatic carbocycles. The molecule has 2 heterocycles. The Morgan fingerprint density at radius 1 is 1.03 bits per heavy atom. The highest BCUT2D eigenvalue weighted by Crippen LogP contribution is 2.28. The molecule has 0 fully saturated rings. The molecule has 0 aliphatic heterocycles. The van der Waals surface area contributed by atoms with E-state index in [2.05, 4.69) is 27.6 Å². The largest absolute Gasteiger partial charge is 0.346 e. The summed E-state index contributed by atoms with van der Waals surface area (Å²) < 4.78 is 30.7. The molecule has 0 radical (unpaired) electrons. The maximum Gasteiger partial charge on any atom is 0.272 e. The monoisotopic (exact) mass is 461 g/mol. The van der Waals surface area contributed by atoms with Crippen LogP contribution in [-0.4, -0.2) is 25.5 Å². The Morgan fingerprint density at radius 3 is 2.59 bits per heavy atom. The molecule has 174 valence electrons. The number of benzene rings is 2. The molecule has 34 heavy (non-hydrogen) atoms. The zero-order chi connectivity index (χ0) is 23.8. The average Bonchev–Trinajstić information content (AvgIpc) is 3.50. The van der Waals surface area contributed by atoms with E-state index in [0.717, 1.165) is 65.2 Å². The number of hydrogen-bond donors (Lipinski definition) is 1. The molecule has 0 bridgehead atoms. The van der Waals surface area contributed by atoms with Gasteiger partial charge in [-0.15, -0.1) is 0 Å². The Balaban J connectivity index is 1.36. The number of rotatable bonds is 6. The first kappa shape index (κ1) is 22.0. The van der Waals surface area contributed by atoms with Crippen LogP contribution in [0.2, 0.25) is 0 Å². The van der Waals surface area contributed by atoms with Crippen molar-refractivity contribution in [3.63, 3.8) is 0 Å². The molecule has 1 N–H and O–H groups in total. The lowest BCUT2D eigenvalue weighted by Crippen LogP contribution is -2.25. The van der Waals surface area contributed by atoms with Crippen LogP contribution >= 0.6 is 0 Å². The second-order valence-corrected chi connectivity index (χ2v) is 8.61. The molecule has 5 rings (SSSR count). The van der Waals surface area contributed by atoms with Crippen LogP contribution in [0.25, 0.3) is 5.69 Å². The second-order valence-electron chi connectivity index (χ2n) is 8.61. The number of carbonyl (C=O) groups is 1. The summed E-state index contributed by atoms with van der Waals surface area (Å²) >= 11 is 0. The van der Waals surface area contributed by atoms with Crippen molar-refractivity contribution in [2.45, 2.75) is 46.2 Å². The third-order valence-corrected chi connectivity index (χ3v) is 6.43. The Hall–Kier alpha value is -3.81. The van der Waals surface area contributed by atoms with E-state index in [4.69, 9.17) is 0 Å². The van der Waals surface area contributed by atoms with Crippen LogP contribution in [0.15, 0.2) is 48.5 Å². The molecule has 0 spiro atoms. The number of aryl methyl sites for hydroxylation is 1. The van der Waals surface area contributed by atoms with Gasteiger partial charge in [-0.2, -0.15) is 10.2 Å². The first-order valence-corrected chi connectivity index (χ1v) is 11.3. The molecule has 1 aliphatic carbocycles. The van der Waals surface area contributed by atoms with E-state index in [1.807, 2.05) is 36.7 Å². The van der Waals surface area contributed by atoms with Gasteiger partial charge in [-0.25, -0.2) is 13.5 Å². The predicted molar refractivity (Wildman–Crippen MR) is 124 cm³/mol. The number of amides is 1. The number of fused-ring (bicyclic) bond motifs is 1. The molecule has 0 saturated heterocycles. The van der Waals surface area contributed by atoms with Crippen LogP contribution in [0.4, 0.5) is 8.78 Å². The zero-order valence-corrected chi connectivity index (χ0v) is 19.1. The van der Waals surface area contributed by atoms with Gasteiger partial charge in [0.25, 0.3) is 5.91 Å². The Morgan fingerprint density at radius 2 is 1.82 bits per heavy atom. The summed E-state index contributed by atoms with van der Waals surface area (Å²) in [5.74, 6) is -2.14. The quantitative estimate of drug-likeness (QED) is 0.462. The summed E-state index contributed by atoms with van der Waals surface area (Å²) in [4.78, 5) is 13.1. The highest BCUT2D eigenvalue weighted by molar-refractivity contribution is 5.94. The molecular weight excluding hydrogens is 436 g/mol. The molecule has 2 aromatic heterocycles. The van der Waals surface area contributed by atoms with Gasteiger partial charge < -0.3 is 5.32 Å². The minimum absolute atomic E-state index is 0.283. The van der Waals surface area contributed by atoms with Crippen molar-refractivity contribution in [2.75, 3.05) is 0 Å². The average molecular weight is 462 g/mol. The summed E-state index contributed by atoms with van der Waals surface area (Å²) in [7, 11) is 0. The van der Waals surface area contributed by atoms with E-state index >= 15 is 0 Å². The Kier molecular flexibility index (Phi) is 5.73. The number of hydrogen-bond acceptors (Lipinski definition) is 3. The van der Waals surface area contributed by atoms with Gasteiger partial charge in [0.15, 0.2) is 17.3 Å². The molecular formula is C26H25F2N5O. The van der Waals surface area contributed by atoms with Crippen molar-refractivity contribution in [3.8, 4) is 5.69 Å². The van der Waals surface area contributed by atoms with E-state index in [0.29, 0.717) is 24.5 Å². The standard InChI is InChI=1S/C26H25F2N5O/c1-16-21(17(2)32(30-16)15-18-7-4-3-5-8-18)14-29-26(34)25-20-9-6-10-24(20)33(31-25)19-11-12-22(27)23(28)13-19/h3-5,7-8,11-13H,6,9-10,14-15H2,1-2H3,(H,29,34). The van der Waals surface area contributed by atoms with Crippen molar-refractivity contribution in [1.82, 2.24) is 24.9 Å². The van der Waals surface area contributed by atoms with E-state index < -0.39 is 11.6 Å². The van der Waals surface area contributed by atoms with Crippen LogP contribution in [0, 0.1) is 25.5 Å². The van der Waals surface area contributed by atoms with E-state index in [1.165, 1.54) is 6.07 Å². The summed E-state index contributed by atoms with van der Waals surface area (Å²) in [6.45, 7) is 4.93. The predicted octanol–water partition coefficient (Wildman–Crippen LogP) is 4.43. The second kappa shape index (κ2) is 8.85. The fraction of sp³-hybridized carbons (Fsp3) is 0.269. The molecule has 6 nitrogen and oxygen atoms in total. The van der Waals surface area contributed by atoms with Crippen molar-refractivity contribution in [1.29, 1.82) is 0 Å². The van der Waals surface area contributed by atoms with Gasteiger partial charge in [0.05, 0.1) is 17.9 Å². The Bertz CT molecular complexity index is 1370. The summed E-state index contributed by atoms with van der Waals surface area (Å²) in [6.07, 6.45) is 2.36. The summed E-state index contributed by atoms with van der Waals surface area (Å²) in [5.41, 5.74) is 6.48. The SMILES string of the molecule is Cc1nn(Cc2ccccc2)c(C)c1CNC(=O)c1nn(-c2ccc(F)c(F)c2)c2c1CCC2.